The summed E-state index contributed by atoms with van der Waals surface area (Å²) in [6, 6.07) is 16.6. The molecule has 200 valence electrons. The third-order valence-electron chi connectivity index (χ3n) is 5.46. The van der Waals surface area contributed by atoms with Crippen LogP contribution in [-0.4, -0.2) is 54.7 Å². The Morgan fingerprint density at radius 2 is 1.21 bits per heavy atom. The van der Waals surface area contributed by atoms with Gasteiger partial charge in [0.15, 0.2) is 23.0 Å². The van der Waals surface area contributed by atoms with Crippen LogP contribution < -0.4 is 28.4 Å². The van der Waals surface area contributed by atoms with Crippen molar-refractivity contribution in [2.24, 2.45) is 0 Å². The molecule has 8 nitrogen and oxygen atoms in total. The molecule has 0 saturated heterocycles. The SMILES string of the molecule is COc1ccc(/C=C/C(=O)OCCOc2cc(/C=C\c3cc(OC)c(OC)c(OC)c3)ccc2OC)cc1. The Morgan fingerprint density at radius 3 is 1.82 bits per heavy atom. The third kappa shape index (κ3) is 7.70. The molecule has 38 heavy (non-hydrogen) atoms. The van der Waals surface area contributed by atoms with Crippen LogP contribution in [0.1, 0.15) is 16.7 Å². The normalized spacial score (nSPS) is 10.9. The van der Waals surface area contributed by atoms with E-state index in [0.29, 0.717) is 28.7 Å². The number of ether oxygens (including phenoxy) is 7. The topological polar surface area (TPSA) is 81.7 Å². The first kappa shape index (κ1) is 28.0. The third-order valence-corrected chi connectivity index (χ3v) is 5.46. The summed E-state index contributed by atoms with van der Waals surface area (Å²) in [5, 5.41) is 0. The molecule has 3 aromatic rings. The standard InChI is InChI=1S/C30H32O8/c1-32-24-12-8-21(9-13-24)11-15-29(31)38-17-16-37-26-18-22(10-14-25(26)33-2)6-7-23-19-27(34-3)30(36-5)28(20-23)35-4/h6-15,18-20H,16-17H2,1-5H3/b7-6-,15-11+. The van der Waals surface area contributed by atoms with Crippen LogP contribution >= 0.6 is 0 Å². The molecular weight excluding hydrogens is 488 g/mol. The lowest BCUT2D eigenvalue weighted by molar-refractivity contribution is -0.138. The summed E-state index contributed by atoms with van der Waals surface area (Å²) in [5.41, 5.74) is 2.61. The van der Waals surface area contributed by atoms with E-state index in [9.17, 15) is 4.79 Å². The van der Waals surface area contributed by atoms with Gasteiger partial charge in [0.1, 0.15) is 19.0 Å². The lowest BCUT2D eigenvalue weighted by Gasteiger charge is -2.13. The molecule has 3 aromatic carbocycles. The molecule has 0 atom stereocenters. The summed E-state index contributed by atoms with van der Waals surface area (Å²) in [5.74, 6) is 3.06. The van der Waals surface area contributed by atoms with Gasteiger partial charge in [0, 0.05) is 6.08 Å². The summed E-state index contributed by atoms with van der Waals surface area (Å²) in [6.07, 6.45) is 6.90. The van der Waals surface area contributed by atoms with Crippen LogP contribution in [-0.2, 0) is 9.53 Å². The van der Waals surface area contributed by atoms with E-state index < -0.39 is 5.97 Å². The monoisotopic (exact) mass is 520 g/mol. The first-order valence-corrected chi connectivity index (χ1v) is 11.8. The highest BCUT2D eigenvalue weighted by molar-refractivity contribution is 5.87. The van der Waals surface area contributed by atoms with E-state index in [1.807, 2.05) is 66.7 Å². The molecule has 0 N–H and O–H groups in total. The van der Waals surface area contributed by atoms with Gasteiger partial charge < -0.3 is 33.2 Å². The molecule has 0 fully saturated rings. The second-order valence-corrected chi connectivity index (χ2v) is 7.82. The van der Waals surface area contributed by atoms with Gasteiger partial charge in [-0.15, -0.1) is 0 Å². The maximum atomic E-state index is 12.0. The van der Waals surface area contributed by atoms with Crippen molar-refractivity contribution in [3.8, 4) is 34.5 Å². The number of esters is 1. The van der Waals surface area contributed by atoms with E-state index in [2.05, 4.69) is 0 Å². The van der Waals surface area contributed by atoms with Crippen molar-refractivity contribution in [2.75, 3.05) is 48.8 Å². The van der Waals surface area contributed by atoms with Gasteiger partial charge in [0.2, 0.25) is 5.75 Å². The van der Waals surface area contributed by atoms with Gasteiger partial charge in [-0.3, -0.25) is 0 Å². The highest BCUT2D eigenvalue weighted by Crippen LogP contribution is 2.38. The van der Waals surface area contributed by atoms with E-state index in [1.165, 1.54) is 6.08 Å². The van der Waals surface area contributed by atoms with Crippen molar-refractivity contribution in [1.29, 1.82) is 0 Å². The van der Waals surface area contributed by atoms with Gasteiger partial charge in [-0.2, -0.15) is 0 Å². The Bertz CT molecular complexity index is 1240. The molecule has 0 spiro atoms. The van der Waals surface area contributed by atoms with E-state index in [1.54, 1.807) is 41.6 Å². The molecule has 0 aromatic heterocycles. The van der Waals surface area contributed by atoms with Crippen LogP contribution in [0.15, 0.2) is 60.7 Å². The van der Waals surface area contributed by atoms with Gasteiger partial charge in [0.05, 0.1) is 35.5 Å². The number of carbonyl (C=O) groups excluding carboxylic acids is 1. The summed E-state index contributed by atoms with van der Waals surface area (Å²) in [6.45, 7) is 0.249. The lowest BCUT2D eigenvalue weighted by atomic mass is 10.1. The fourth-order valence-electron chi connectivity index (χ4n) is 3.52. The van der Waals surface area contributed by atoms with Crippen molar-refractivity contribution >= 4 is 24.2 Å². The van der Waals surface area contributed by atoms with Gasteiger partial charge in [-0.25, -0.2) is 4.79 Å². The van der Waals surface area contributed by atoms with E-state index in [4.69, 9.17) is 33.2 Å². The minimum absolute atomic E-state index is 0.0838. The minimum atomic E-state index is -0.460. The van der Waals surface area contributed by atoms with Crippen LogP contribution in [0.5, 0.6) is 34.5 Å². The second kappa shape index (κ2) is 14.2. The zero-order valence-corrected chi connectivity index (χ0v) is 22.2. The van der Waals surface area contributed by atoms with Crippen LogP contribution in [0.2, 0.25) is 0 Å². The maximum absolute atomic E-state index is 12.0. The first-order chi connectivity index (χ1) is 18.5. The molecule has 3 rings (SSSR count). The summed E-state index contributed by atoms with van der Waals surface area (Å²) in [7, 11) is 7.88. The number of methoxy groups -OCH3 is 5. The van der Waals surface area contributed by atoms with Gasteiger partial charge >= 0.3 is 5.97 Å². The van der Waals surface area contributed by atoms with Crippen molar-refractivity contribution in [3.63, 3.8) is 0 Å². The quantitative estimate of drug-likeness (QED) is 0.126. The summed E-state index contributed by atoms with van der Waals surface area (Å²) < 4.78 is 37.8. The highest BCUT2D eigenvalue weighted by atomic mass is 16.6. The number of hydrogen-bond acceptors (Lipinski definition) is 8. The van der Waals surface area contributed by atoms with E-state index in [-0.39, 0.29) is 13.2 Å². The van der Waals surface area contributed by atoms with Crippen molar-refractivity contribution in [3.05, 3.63) is 77.4 Å². The molecule has 0 heterocycles. The molecule has 0 aliphatic heterocycles. The predicted molar refractivity (Wildman–Crippen MR) is 147 cm³/mol. The van der Waals surface area contributed by atoms with Gasteiger partial charge in [-0.05, 0) is 59.2 Å². The highest BCUT2D eigenvalue weighted by Gasteiger charge is 2.12. The number of rotatable bonds is 13. The largest absolute Gasteiger partial charge is 0.497 e. The molecule has 0 amide bonds. The van der Waals surface area contributed by atoms with Crippen LogP contribution in [0.25, 0.3) is 18.2 Å². The predicted octanol–water partition coefficient (Wildman–Crippen LogP) is 5.54. The average molecular weight is 521 g/mol. The Kier molecular flexibility index (Phi) is 10.5. The number of benzene rings is 3. The smallest absolute Gasteiger partial charge is 0.330 e. The van der Waals surface area contributed by atoms with Crippen molar-refractivity contribution in [2.45, 2.75) is 0 Å². The molecule has 8 heteroatoms. The average Bonchev–Trinajstić information content (AvgIpc) is 2.96. The summed E-state index contributed by atoms with van der Waals surface area (Å²) in [4.78, 5) is 12.0. The van der Waals surface area contributed by atoms with Crippen molar-refractivity contribution < 1.29 is 38.0 Å². The van der Waals surface area contributed by atoms with Gasteiger partial charge in [0.25, 0.3) is 0 Å². The van der Waals surface area contributed by atoms with Crippen LogP contribution in [0.3, 0.4) is 0 Å². The second-order valence-electron chi connectivity index (χ2n) is 7.82. The van der Waals surface area contributed by atoms with Gasteiger partial charge in [-0.1, -0.05) is 30.4 Å². The molecule has 0 aliphatic rings. The van der Waals surface area contributed by atoms with Crippen LogP contribution in [0.4, 0.5) is 0 Å². The van der Waals surface area contributed by atoms with E-state index in [0.717, 1.165) is 22.4 Å². The minimum Gasteiger partial charge on any atom is -0.497 e. The Morgan fingerprint density at radius 1 is 0.605 bits per heavy atom. The Hall–Kier alpha value is -4.59. The Labute approximate surface area is 223 Å². The molecule has 0 saturated carbocycles. The molecule has 0 aliphatic carbocycles. The fraction of sp³-hybridized carbons (Fsp3) is 0.233. The molecule has 0 unspecified atom stereocenters. The summed E-state index contributed by atoms with van der Waals surface area (Å²) >= 11 is 0. The zero-order valence-electron chi connectivity index (χ0n) is 22.2. The van der Waals surface area contributed by atoms with Crippen molar-refractivity contribution in [1.82, 2.24) is 0 Å². The fourth-order valence-corrected chi connectivity index (χ4v) is 3.52. The Balaban J connectivity index is 1.59. The zero-order chi connectivity index (χ0) is 27.3. The molecule has 0 radical (unpaired) electrons. The molecule has 0 bridgehead atoms. The first-order valence-electron chi connectivity index (χ1n) is 11.8. The lowest BCUT2D eigenvalue weighted by Crippen LogP contribution is -2.10. The maximum Gasteiger partial charge on any atom is 0.330 e. The molecular formula is C30H32O8. The number of hydrogen-bond donors (Lipinski definition) is 0. The van der Waals surface area contributed by atoms with E-state index >= 15 is 0 Å². The van der Waals surface area contributed by atoms with Crippen LogP contribution in [0, 0.1) is 0 Å². The number of carbonyl (C=O) groups is 1.